The van der Waals surface area contributed by atoms with E-state index in [9.17, 15) is 0 Å². The fraction of sp³-hybridized carbons (Fsp3) is 0.333. The van der Waals surface area contributed by atoms with Gasteiger partial charge in [0.2, 0.25) is 0 Å². The smallest absolute Gasteiger partial charge is 0.137 e. The minimum Gasteiger partial charge on any atom is -0.495 e. The van der Waals surface area contributed by atoms with Crippen molar-refractivity contribution in [1.82, 2.24) is 0 Å². The second-order valence-electron chi connectivity index (χ2n) is 5.60. The molecule has 1 N–H and O–H groups in total. The van der Waals surface area contributed by atoms with Crippen molar-refractivity contribution in [1.29, 1.82) is 0 Å². The van der Waals surface area contributed by atoms with E-state index in [1.807, 2.05) is 18.2 Å². The summed E-state index contributed by atoms with van der Waals surface area (Å²) in [7, 11) is 1.63. The molecule has 0 spiro atoms. The summed E-state index contributed by atoms with van der Waals surface area (Å²) in [4.78, 5) is 0. The SMILES string of the molecule is COc1ccc(NC(C)c2ccc3c(c2)CCC3)cc1Cl. The number of hydrogen-bond acceptors (Lipinski definition) is 2. The van der Waals surface area contributed by atoms with Gasteiger partial charge in [-0.25, -0.2) is 0 Å². The van der Waals surface area contributed by atoms with Gasteiger partial charge in [0.1, 0.15) is 5.75 Å². The van der Waals surface area contributed by atoms with Crippen molar-refractivity contribution in [2.45, 2.75) is 32.2 Å². The van der Waals surface area contributed by atoms with Crippen LogP contribution in [0.4, 0.5) is 5.69 Å². The first-order valence-electron chi connectivity index (χ1n) is 7.39. The minimum atomic E-state index is 0.250. The van der Waals surface area contributed by atoms with Crippen molar-refractivity contribution >= 4 is 17.3 Å². The Kier molecular flexibility index (Phi) is 4.07. The van der Waals surface area contributed by atoms with E-state index in [0.717, 1.165) is 5.69 Å². The fourth-order valence-electron chi connectivity index (χ4n) is 2.95. The van der Waals surface area contributed by atoms with Crippen molar-refractivity contribution in [2.75, 3.05) is 12.4 Å². The quantitative estimate of drug-likeness (QED) is 0.857. The molecule has 110 valence electrons. The molecule has 3 rings (SSSR count). The summed E-state index contributed by atoms with van der Waals surface area (Å²) < 4.78 is 5.18. The molecule has 21 heavy (non-hydrogen) atoms. The highest BCUT2D eigenvalue weighted by Crippen LogP contribution is 2.30. The van der Waals surface area contributed by atoms with Gasteiger partial charge < -0.3 is 10.1 Å². The number of aryl methyl sites for hydroxylation is 2. The van der Waals surface area contributed by atoms with Gasteiger partial charge in [-0.2, -0.15) is 0 Å². The van der Waals surface area contributed by atoms with Crippen LogP contribution in [-0.2, 0) is 12.8 Å². The average molecular weight is 302 g/mol. The third-order valence-corrected chi connectivity index (χ3v) is 4.45. The molecule has 2 nitrogen and oxygen atoms in total. The second kappa shape index (κ2) is 5.98. The van der Waals surface area contributed by atoms with Crippen LogP contribution in [0.15, 0.2) is 36.4 Å². The second-order valence-corrected chi connectivity index (χ2v) is 6.00. The molecule has 0 saturated heterocycles. The van der Waals surface area contributed by atoms with Crippen molar-refractivity contribution in [3.8, 4) is 5.75 Å². The van der Waals surface area contributed by atoms with Crippen molar-refractivity contribution in [3.05, 3.63) is 58.1 Å². The molecule has 3 heteroatoms. The normalized spacial score (nSPS) is 14.6. The number of halogens is 1. The van der Waals surface area contributed by atoms with Crippen molar-refractivity contribution in [2.24, 2.45) is 0 Å². The lowest BCUT2D eigenvalue weighted by Crippen LogP contribution is -2.07. The van der Waals surface area contributed by atoms with Gasteiger partial charge in [0, 0.05) is 11.7 Å². The molecule has 1 aliphatic rings. The number of anilines is 1. The molecular formula is C18H20ClNO. The molecule has 0 bridgehead atoms. The fourth-order valence-corrected chi connectivity index (χ4v) is 3.21. The van der Waals surface area contributed by atoms with E-state index in [4.69, 9.17) is 16.3 Å². The number of methoxy groups -OCH3 is 1. The maximum atomic E-state index is 6.17. The maximum absolute atomic E-state index is 6.17. The lowest BCUT2D eigenvalue weighted by atomic mass is 10.0. The molecule has 0 saturated carbocycles. The van der Waals surface area contributed by atoms with Crippen LogP contribution in [0.5, 0.6) is 5.75 Å². The number of benzene rings is 2. The standard InChI is InChI=1S/C18H20ClNO/c1-12(14-7-6-13-4-3-5-15(13)10-14)20-16-8-9-18(21-2)17(19)11-16/h6-12,20H,3-5H2,1-2H3. The summed E-state index contributed by atoms with van der Waals surface area (Å²) in [6.45, 7) is 2.18. The minimum absolute atomic E-state index is 0.250. The zero-order valence-electron chi connectivity index (χ0n) is 12.4. The predicted molar refractivity (Wildman–Crippen MR) is 88.5 cm³/mol. The van der Waals surface area contributed by atoms with Gasteiger partial charge in [0.05, 0.1) is 12.1 Å². The van der Waals surface area contributed by atoms with E-state index in [1.54, 1.807) is 7.11 Å². The first-order chi connectivity index (χ1) is 10.2. The number of rotatable bonds is 4. The summed E-state index contributed by atoms with van der Waals surface area (Å²) in [5, 5.41) is 4.13. The molecule has 0 aromatic heterocycles. The van der Waals surface area contributed by atoms with E-state index in [2.05, 4.69) is 30.4 Å². The summed E-state index contributed by atoms with van der Waals surface area (Å²) in [6.07, 6.45) is 3.73. The lowest BCUT2D eigenvalue weighted by molar-refractivity contribution is 0.415. The third kappa shape index (κ3) is 3.01. The Morgan fingerprint density at radius 1 is 1.10 bits per heavy atom. The van der Waals surface area contributed by atoms with E-state index >= 15 is 0 Å². The van der Waals surface area contributed by atoms with Crippen LogP contribution in [0, 0.1) is 0 Å². The van der Waals surface area contributed by atoms with Crippen molar-refractivity contribution in [3.63, 3.8) is 0 Å². The number of fused-ring (bicyclic) bond motifs is 1. The molecule has 0 aliphatic heterocycles. The van der Waals surface area contributed by atoms with Gasteiger partial charge in [-0.1, -0.05) is 29.8 Å². The van der Waals surface area contributed by atoms with E-state index in [-0.39, 0.29) is 6.04 Å². The largest absolute Gasteiger partial charge is 0.495 e. The van der Waals surface area contributed by atoms with Gasteiger partial charge in [-0.15, -0.1) is 0 Å². The summed E-state index contributed by atoms with van der Waals surface area (Å²) in [5.74, 6) is 0.701. The first-order valence-corrected chi connectivity index (χ1v) is 7.77. The highest BCUT2D eigenvalue weighted by Gasteiger charge is 2.13. The Morgan fingerprint density at radius 2 is 1.90 bits per heavy atom. The van der Waals surface area contributed by atoms with Gasteiger partial charge in [0.25, 0.3) is 0 Å². The molecule has 0 fully saturated rings. The molecule has 1 aliphatic carbocycles. The molecule has 1 atom stereocenters. The van der Waals surface area contributed by atoms with Crippen LogP contribution in [0.25, 0.3) is 0 Å². The zero-order valence-corrected chi connectivity index (χ0v) is 13.2. The van der Waals surface area contributed by atoms with Crippen LogP contribution < -0.4 is 10.1 Å². The average Bonchev–Trinajstić information content (AvgIpc) is 2.94. The Balaban J connectivity index is 1.76. The van der Waals surface area contributed by atoms with E-state index in [0.29, 0.717) is 10.8 Å². The summed E-state index contributed by atoms with van der Waals surface area (Å²) >= 11 is 6.17. The summed E-state index contributed by atoms with van der Waals surface area (Å²) in [6, 6.07) is 12.9. The Bertz CT molecular complexity index is 654. The molecule has 0 radical (unpaired) electrons. The van der Waals surface area contributed by atoms with Crippen molar-refractivity contribution < 1.29 is 4.74 Å². The monoisotopic (exact) mass is 301 g/mol. The molecule has 1 unspecified atom stereocenters. The Morgan fingerprint density at radius 3 is 2.67 bits per heavy atom. The number of nitrogens with one attached hydrogen (secondary N) is 1. The van der Waals surface area contributed by atoms with Gasteiger partial charge >= 0.3 is 0 Å². The van der Waals surface area contributed by atoms with Gasteiger partial charge in [-0.05, 0) is 61.1 Å². The Labute approximate surface area is 131 Å². The number of ether oxygens (including phenoxy) is 1. The molecule has 2 aromatic rings. The van der Waals surface area contributed by atoms with Crippen LogP contribution in [0.1, 0.15) is 36.1 Å². The maximum Gasteiger partial charge on any atom is 0.137 e. The highest BCUT2D eigenvalue weighted by molar-refractivity contribution is 6.32. The lowest BCUT2D eigenvalue weighted by Gasteiger charge is -2.17. The third-order valence-electron chi connectivity index (χ3n) is 4.16. The van der Waals surface area contributed by atoms with E-state index in [1.165, 1.54) is 36.0 Å². The molecule has 2 aromatic carbocycles. The van der Waals surface area contributed by atoms with Crippen LogP contribution in [0.3, 0.4) is 0 Å². The first kappa shape index (κ1) is 14.3. The van der Waals surface area contributed by atoms with Crippen LogP contribution in [-0.4, -0.2) is 7.11 Å². The van der Waals surface area contributed by atoms with Crippen LogP contribution >= 0.6 is 11.6 Å². The van der Waals surface area contributed by atoms with Crippen LogP contribution in [0.2, 0.25) is 5.02 Å². The molecule has 0 heterocycles. The van der Waals surface area contributed by atoms with Gasteiger partial charge in [-0.3, -0.25) is 0 Å². The topological polar surface area (TPSA) is 21.3 Å². The molecular weight excluding hydrogens is 282 g/mol. The zero-order chi connectivity index (χ0) is 14.8. The van der Waals surface area contributed by atoms with E-state index < -0.39 is 0 Å². The van der Waals surface area contributed by atoms with Gasteiger partial charge in [0.15, 0.2) is 0 Å². The Hall–Kier alpha value is -1.67. The number of hydrogen-bond donors (Lipinski definition) is 1. The highest BCUT2D eigenvalue weighted by atomic mass is 35.5. The predicted octanol–water partition coefficient (Wildman–Crippen LogP) is 5.01. The summed E-state index contributed by atoms with van der Waals surface area (Å²) in [5.41, 5.74) is 5.35. The molecule has 0 amide bonds.